The van der Waals surface area contributed by atoms with Crippen molar-refractivity contribution in [1.29, 1.82) is 0 Å². The van der Waals surface area contributed by atoms with E-state index in [1.165, 1.54) is 56.2 Å². The molecule has 4 N–H and O–H groups in total. The van der Waals surface area contributed by atoms with Gasteiger partial charge in [-0.05, 0) is 121 Å². The number of aliphatic hydroxyl groups excluding tert-OH is 1. The smallest absolute Gasteiger partial charge is 0.335 e. The van der Waals surface area contributed by atoms with Crippen LogP contribution in [0.5, 0.6) is 28.7 Å². The van der Waals surface area contributed by atoms with Crippen LogP contribution >= 0.6 is 0 Å². The van der Waals surface area contributed by atoms with Gasteiger partial charge < -0.3 is 44.4 Å². The zero-order valence-electron chi connectivity index (χ0n) is 41.4. The summed E-state index contributed by atoms with van der Waals surface area (Å²) in [7, 11) is 1.60. The average molecular weight is 956 g/mol. The highest BCUT2D eigenvalue weighted by Crippen LogP contribution is 2.62. The first kappa shape index (κ1) is 48.2. The molecule has 3 atom stereocenters. The average Bonchev–Trinajstić information content (AvgIpc) is 4.16. The summed E-state index contributed by atoms with van der Waals surface area (Å²) in [4.78, 5) is 20.3. The Morgan fingerprint density at radius 3 is 2.28 bits per heavy atom. The number of hydrogen-bond acceptors (Lipinski definition) is 8. The molecule has 0 amide bonds. The molecular formula is C61H69N3O7. The summed E-state index contributed by atoms with van der Waals surface area (Å²) in [5.74, 6) is 2.97. The van der Waals surface area contributed by atoms with Crippen LogP contribution < -0.4 is 34.1 Å². The molecule has 5 aromatic carbocycles. The second-order valence-electron chi connectivity index (χ2n) is 20.3. The lowest BCUT2D eigenvalue weighted by atomic mass is 9.64. The van der Waals surface area contributed by atoms with Crippen LogP contribution in [-0.2, 0) is 24.7 Å². The number of aryl methyl sites for hydroxylation is 1. The molecule has 4 aliphatic rings. The number of phenols is 1. The highest BCUT2D eigenvalue weighted by atomic mass is 16.5. The molecule has 370 valence electrons. The molecule has 10 rings (SSSR count). The maximum Gasteiger partial charge on any atom is 0.335 e. The number of fused-ring (bicyclic) bond motifs is 1. The van der Waals surface area contributed by atoms with E-state index in [-0.39, 0.29) is 36.4 Å². The summed E-state index contributed by atoms with van der Waals surface area (Å²) < 4.78 is 26.7. The number of anilines is 1. The van der Waals surface area contributed by atoms with E-state index in [9.17, 15) is 15.0 Å². The van der Waals surface area contributed by atoms with E-state index in [1.807, 2.05) is 66.7 Å². The second kappa shape index (κ2) is 21.5. The number of benzene rings is 5. The van der Waals surface area contributed by atoms with Crippen LogP contribution in [0, 0.1) is 5.41 Å². The first-order valence-electron chi connectivity index (χ1n) is 25.9. The number of piperazine rings is 1. The monoisotopic (exact) mass is 956 g/mol. The fourth-order valence-electron chi connectivity index (χ4n) is 12.0. The fourth-order valence-corrected chi connectivity index (χ4v) is 12.0. The van der Waals surface area contributed by atoms with E-state index in [2.05, 4.69) is 59.6 Å². The number of ether oxygens (including phenoxy) is 4. The Kier molecular flexibility index (Phi) is 14.6. The highest BCUT2D eigenvalue weighted by molar-refractivity contribution is 6.05. The van der Waals surface area contributed by atoms with Gasteiger partial charge in [-0.3, -0.25) is 4.79 Å². The minimum Gasteiger partial charge on any atom is -0.508 e. The van der Waals surface area contributed by atoms with Gasteiger partial charge in [-0.2, -0.15) is 0 Å². The first-order valence-corrected chi connectivity index (χ1v) is 25.9. The summed E-state index contributed by atoms with van der Waals surface area (Å²) in [5.41, 5.74) is 9.30. The molecule has 1 aromatic heterocycles. The number of hydrogen-bond donors (Lipinski definition) is 3. The number of methoxy groups -OCH3 is 1. The van der Waals surface area contributed by atoms with Crippen LogP contribution in [-0.4, -0.2) is 73.4 Å². The molecule has 71 heavy (non-hydrogen) atoms. The van der Waals surface area contributed by atoms with Gasteiger partial charge in [0.2, 0.25) is 5.75 Å². The van der Waals surface area contributed by atoms with E-state index in [1.54, 1.807) is 25.3 Å². The number of aliphatic hydroxyl groups is 1. The molecule has 2 aliphatic carbocycles. The van der Waals surface area contributed by atoms with Crippen molar-refractivity contribution < 1.29 is 34.0 Å². The van der Waals surface area contributed by atoms with Gasteiger partial charge in [-0.1, -0.05) is 153 Å². The topological polar surface area (TPSA) is 128 Å². The van der Waals surface area contributed by atoms with Gasteiger partial charge in [-0.25, -0.2) is 0 Å². The third-order valence-electron chi connectivity index (χ3n) is 16.0. The number of carbonyl (C=O) groups excluding carboxylic acids is 1. The number of phenolic OH excluding ortho intramolecular Hbond substituents is 1. The van der Waals surface area contributed by atoms with Gasteiger partial charge in [0.15, 0.2) is 17.1 Å². The van der Waals surface area contributed by atoms with Gasteiger partial charge in [-0.15, -0.1) is 0 Å². The van der Waals surface area contributed by atoms with Crippen LogP contribution in [0.2, 0.25) is 0 Å². The van der Waals surface area contributed by atoms with E-state index in [0.717, 1.165) is 65.4 Å². The first-order chi connectivity index (χ1) is 34.7. The molecule has 3 unspecified atom stereocenters. The van der Waals surface area contributed by atoms with E-state index in [0.29, 0.717) is 59.8 Å². The quantitative estimate of drug-likeness (QED) is 0.0722. The lowest BCUT2D eigenvalue weighted by Gasteiger charge is -2.43. The number of nitrogens with zero attached hydrogens (tertiary/aromatic N) is 2. The molecule has 0 radical (unpaired) electrons. The molecule has 1 spiro atoms. The Morgan fingerprint density at radius 1 is 0.803 bits per heavy atom. The molecule has 10 heteroatoms. The Hall–Kier alpha value is -6.49. The molecule has 3 fully saturated rings. The zero-order chi connectivity index (χ0) is 48.8. The van der Waals surface area contributed by atoms with Crippen molar-refractivity contribution in [3.63, 3.8) is 0 Å². The molecule has 2 aliphatic heterocycles. The van der Waals surface area contributed by atoms with Crippen LogP contribution in [0.25, 0.3) is 17.2 Å². The Morgan fingerprint density at radius 2 is 1.52 bits per heavy atom. The second-order valence-corrected chi connectivity index (χ2v) is 20.3. The predicted molar refractivity (Wildman–Crippen MR) is 282 cm³/mol. The van der Waals surface area contributed by atoms with Gasteiger partial charge in [0.25, 0.3) is 0 Å². The molecule has 3 heterocycles. The normalized spacial score (nSPS) is 20.0. The van der Waals surface area contributed by atoms with Crippen molar-refractivity contribution in [2.24, 2.45) is 5.41 Å². The summed E-state index contributed by atoms with van der Waals surface area (Å²) >= 11 is 0. The number of aromatic nitrogens is 1. The summed E-state index contributed by atoms with van der Waals surface area (Å²) in [6.45, 7) is 6.71. The highest BCUT2D eigenvalue weighted by Gasteiger charge is 2.53. The SMILES string of the molecule is COc1c(OCCc2ccccc2)c(CCc2cccc(-c3cc(C4(C)CCCC45CCCC5)[n-]c3N3CCNCC3)c2)c2c(c1OCCC(O)C=Cc1ccccc1)C(=[OH+])CC(c1ccc(O)cc1)O2. The van der Waals surface area contributed by atoms with Crippen molar-refractivity contribution in [2.45, 2.75) is 102 Å². The van der Waals surface area contributed by atoms with Crippen LogP contribution in [0.15, 0.2) is 121 Å². The van der Waals surface area contributed by atoms with Crippen LogP contribution in [0.4, 0.5) is 5.82 Å². The fraction of sp³-hybridized carbons (Fsp3) is 0.393. The summed E-state index contributed by atoms with van der Waals surface area (Å²) in [5, 5.41) is 24.8. The molecule has 0 bridgehead atoms. The number of rotatable bonds is 18. The third-order valence-corrected chi connectivity index (χ3v) is 16.0. The third kappa shape index (κ3) is 10.2. The molecule has 6 aromatic rings. The standard InChI is InChI=1S/C61H68N3O7/c1-60(29-12-32-61(60)30-9-10-31-61)53-40-50(59(63-53)64-35-33-62-34-36-64)46-18-11-17-44(39-46)20-26-49-55-54(51(67)41-52(71-55)45-21-24-47(65)25-22-45)57(70-38-28-48(66)23-19-42-13-5-3-6-14-42)58(68-2)56(49)69-37-27-43-15-7-4-8-16-43/h3-8,11,13-19,21-25,39-40,48,52,62,65-66H,9-10,12,20,26-38,41H2,1-2H3/q-1/p+1. The van der Waals surface area contributed by atoms with Gasteiger partial charge in [0, 0.05) is 18.4 Å². The van der Waals surface area contributed by atoms with Crippen molar-refractivity contribution in [3.8, 4) is 39.9 Å². The van der Waals surface area contributed by atoms with Gasteiger partial charge in [0.05, 0.1) is 26.4 Å². The van der Waals surface area contributed by atoms with E-state index >= 15 is 0 Å². The Labute approximate surface area is 419 Å². The number of aromatic hydroxyl groups is 1. The summed E-state index contributed by atoms with van der Waals surface area (Å²) in [6.07, 6.45) is 13.6. The molecule has 1 saturated heterocycles. The minimum absolute atomic E-state index is 0.0624. The Balaban J connectivity index is 1.01. The van der Waals surface area contributed by atoms with Crippen LogP contribution in [0.3, 0.4) is 0 Å². The largest absolute Gasteiger partial charge is 0.508 e. The van der Waals surface area contributed by atoms with Crippen molar-refractivity contribution in [3.05, 3.63) is 160 Å². The maximum absolute atomic E-state index is 12.2. The lowest BCUT2D eigenvalue weighted by molar-refractivity contribution is 0.171. The lowest BCUT2D eigenvalue weighted by Crippen LogP contribution is -2.44. The summed E-state index contributed by atoms with van der Waals surface area (Å²) in [6, 6.07) is 38.4. The number of nitrogens with one attached hydrogen (secondary N) is 1. The Bertz CT molecular complexity index is 2790. The van der Waals surface area contributed by atoms with Crippen molar-refractivity contribution in [2.75, 3.05) is 51.4 Å². The van der Waals surface area contributed by atoms with Gasteiger partial charge in [0.1, 0.15) is 24.0 Å². The van der Waals surface area contributed by atoms with E-state index in [4.69, 9.17) is 23.9 Å². The van der Waals surface area contributed by atoms with Gasteiger partial charge >= 0.3 is 5.78 Å². The van der Waals surface area contributed by atoms with Crippen molar-refractivity contribution >= 4 is 17.7 Å². The van der Waals surface area contributed by atoms with Crippen molar-refractivity contribution in [1.82, 2.24) is 10.3 Å². The van der Waals surface area contributed by atoms with Crippen LogP contribution in [0.1, 0.15) is 110 Å². The zero-order valence-corrected chi connectivity index (χ0v) is 41.4. The maximum atomic E-state index is 12.2. The molecular weight excluding hydrogens is 887 g/mol. The predicted octanol–water partition coefficient (Wildman–Crippen LogP) is 11.1. The number of ketones is 1. The molecule has 10 nitrogen and oxygen atoms in total. The molecule has 2 saturated carbocycles. The minimum atomic E-state index is -0.778. The van der Waals surface area contributed by atoms with E-state index < -0.39 is 12.2 Å².